The molecule has 0 saturated heterocycles. The van der Waals surface area contributed by atoms with E-state index in [1.54, 1.807) is 6.92 Å². The summed E-state index contributed by atoms with van der Waals surface area (Å²) in [7, 11) is 0. The van der Waals surface area contributed by atoms with Gasteiger partial charge in [0.15, 0.2) is 0 Å². The van der Waals surface area contributed by atoms with Gasteiger partial charge in [-0.25, -0.2) is 5.84 Å². The molecule has 4 heteroatoms. The number of hydrazine groups is 1. The zero-order valence-electron chi connectivity index (χ0n) is 4.19. The third-order valence-electron chi connectivity index (χ3n) is 0.482. The summed E-state index contributed by atoms with van der Waals surface area (Å²) in [5.41, 5.74) is 1.98. The van der Waals surface area contributed by atoms with Crippen LogP contribution < -0.4 is 11.3 Å². The van der Waals surface area contributed by atoms with Crippen molar-refractivity contribution in [3.05, 3.63) is 0 Å². The van der Waals surface area contributed by atoms with Crippen LogP contribution in [0.1, 0.15) is 13.3 Å². The molecule has 0 bridgehead atoms. The lowest BCUT2D eigenvalue weighted by Crippen LogP contribution is -2.28. The lowest BCUT2D eigenvalue weighted by atomic mass is 10.5. The van der Waals surface area contributed by atoms with Gasteiger partial charge in [-0.2, -0.15) is 13.5 Å². The van der Waals surface area contributed by atoms with Crippen LogP contribution >= 0.6 is 13.5 Å². The van der Waals surface area contributed by atoms with Crippen molar-refractivity contribution in [2.45, 2.75) is 13.3 Å². The smallest absolute Gasteiger partial charge is 0.233 e. The van der Waals surface area contributed by atoms with Gasteiger partial charge in [0.1, 0.15) is 0 Å². The van der Waals surface area contributed by atoms with Crippen LogP contribution in [0.2, 0.25) is 0 Å². The molecule has 0 aliphatic carbocycles. The van der Waals surface area contributed by atoms with Crippen LogP contribution in [0.4, 0.5) is 0 Å². The zero-order valence-corrected chi connectivity index (χ0v) is 5.19. The van der Waals surface area contributed by atoms with Gasteiger partial charge in [-0.3, -0.25) is 10.2 Å². The van der Waals surface area contributed by atoms with Crippen LogP contribution in [0.25, 0.3) is 0 Å². The SMILES string of the molecule is CCC(=O)NN.S. The minimum Gasteiger partial charge on any atom is -0.294 e. The molecule has 0 atom stereocenters. The van der Waals surface area contributed by atoms with Crippen LogP contribution in [0.15, 0.2) is 0 Å². The Bertz CT molecular complexity index is 50.9. The van der Waals surface area contributed by atoms with E-state index in [4.69, 9.17) is 0 Å². The van der Waals surface area contributed by atoms with E-state index in [1.807, 2.05) is 5.43 Å². The third-order valence-corrected chi connectivity index (χ3v) is 0.482. The highest BCUT2D eigenvalue weighted by Crippen LogP contribution is 1.66. The van der Waals surface area contributed by atoms with Gasteiger partial charge >= 0.3 is 0 Å². The predicted octanol–water partition coefficient (Wildman–Crippen LogP) is -0.501. The van der Waals surface area contributed by atoms with Crippen molar-refractivity contribution in [1.82, 2.24) is 5.43 Å². The summed E-state index contributed by atoms with van der Waals surface area (Å²) >= 11 is 0. The van der Waals surface area contributed by atoms with E-state index in [1.165, 1.54) is 0 Å². The number of hydrogen-bond donors (Lipinski definition) is 2. The molecule has 0 saturated carbocycles. The molecule has 0 aromatic rings. The van der Waals surface area contributed by atoms with Gasteiger partial charge in [-0.1, -0.05) is 6.92 Å². The second kappa shape index (κ2) is 5.78. The summed E-state index contributed by atoms with van der Waals surface area (Å²) in [6, 6.07) is 0. The molecule has 0 aliphatic rings. The Labute approximate surface area is 49.7 Å². The maximum absolute atomic E-state index is 9.94. The Hall–Kier alpha value is -0.220. The van der Waals surface area contributed by atoms with Gasteiger partial charge in [0.05, 0.1) is 0 Å². The molecule has 1 amide bonds. The van der Waals surface area contributed by atoms with Crippen molar-refractivity contribution >= 4 is 19.4 Å². The summed E-state index contributed by atoms with van der Waals surface area (Å²) in [5.74, 6) is 4.55. The molecular formula is C3H10N2OS. The Balaban J connectivity index is 0. The van der Waals surface area contributed by atoms with Gasteiger partial charge in [0.2, 0.25) is 5.91 Å². The summed E-state index contributed by atoms with van der Waals surface area (Å²) in [6.45, 7) is 1.74. The van der Waals surface area contributed by atoms with Crippen molar-refractivity contribution in [3.63, 3.8) is 0 Å². The second-order valence-electron chi connectivity index (χ2n) is 0.921. The first-order chi connectivity index (χ1) is 2.81. The van der Waals surface area contributed by atoms with Crippen LogP contribution in [0.3, 0.4) is 0 Å². The molecule has 44 valence electrons. The summed E-state index contributed by atoms with van der Waals surface area (Å²) in [5, 5.41) is 0. The molecule has 0 spiro atoms. The molecule has 0 rings (SSSR count). The highest BCUT2D eigenvalue weighted by Gasteiger charge is 1.85. The van der Waals surface area contributed by atoms with Crippen molar-refractivity contribution in [2.75, 3.05) is 0 Å². The van der Waals surface area contributed by atoms with E-state index in [0.717, 1.165) is 0 Å². The first-order valence-electron chi connectivity index (χ1n) is 1.80. The monoisotopic (exact) mass is 122 g/mol. The van der Waals surface area contributed by atoms with Crippen LogP contribution in [0, 0.1) is 0 Å². The number of carbonyl (C=O) groups excluding carboxylic acids is 1. The van der Waals surface area contributed by atoms with Gasteiger partial charge < -0.3 is 0 Å². The topological polar surface area (TPSA) is 55.1 Å². The normalized spacial score (nSPS) is 6.57. The molecular weight excluding hydrogens is 112 g/mol. The molecule has 0 radical (unpaired) electrons. The molecule has 0 aromatic carbocycles. The third kappa shape index (κ3) is 5.78. The fourth-order valence-electron chi connectivity index (χ4n) is 0.102. The quantitative estimate of drug-likeness (QED) is 0.280. The molecule has 7 heavy (non-hydrogen) atoms. The van der Waals surface area contributed by atoms with Gasteiger partial charge in [0, 0.05) is 6.42 Å². The van der Waals surface area contributed by atoms with Crippen molar-refractivity contribution in [3.8, 4) is 0 Å². The second-order valence-corrected chi connectivity index (χ2v) is 0.921. The maximum atomic E-state index is 9.94. The summed E-state index contributed by atoms with van der Waals surface area (Å²) in [6.07, 6.45) is 0.455. The van der Waals surface area contributed by atoms with E-state index in [0.29, 0.717) is 6.42 Å². The highest BCUT2D eigenvalue weighted by atomic mass is 32.1. The fraction of sp³-hybridized carbons (Fsp3) is 0.667. The minimum atomic E-state index is -0.130. The minimum absolute atomic E-state index is 0. The Morgan fingerprint density at radius 2 is 2.29 bits per heavy atom. The highest BCUT2D eigenvalue weighted by molar-refractivity contribution is 7.59. The first-order valence-corrected chi connectivity index (χ1v) is 1.80. The Kier molecular flexibility index (Phi) is 8.19. The van der Waals surface area contributed by atoms with E-state index in [-0.39, 0.29) is 19.4 Å². The average molecular weight is 122 g/mol. The Morgan fingerprint density at radius 1 is 1.86 bits per heavy atom. The van der Waals surface area contributed by atoms with Crippen LogP contribution in [-0.2, 0) is 4.79 Å². The van der Waals surface area contributed by atoms with Gasteiger partial charge in [-0.05, 0) is 0 Å². The fourth-order valence-corrected chi connectivity index (χ4v) is 0.102. The molecule has 0 aliphatic heterocycles. The van der Waals surface area contributed by atoms with Gasteiger partial charge in [-0.15, -0.1) is 0 Å². The van der Waals surface area contributed by atoms with E-state index in [2.05, 4.69) is 5.84 Å². The van der Waals surface area contributed by atoms with Crippen LogP contribution in [-0.4, -0.2) is 5.91 Å². The average Bonchev–Trinajstić information content (AvgIpc) is 1.65. The van der Waals surface area contributed by atoms with Crippen molar-refractivity contribution < 1.29 is 4.79 Å². The number of hydrogen-bond acceptors (Lipinski definition) is 2. The summed E-state index contributed by atoms with van der Waals surface area (Å²) < 4.78 is 0. The summed E-state index contributed by atoms with van der Waals surface area (Å²) in [4.78, 5) is 9.94. The number of amides is 1. The lowest BCUT2D eigenvalue weighted by Gasteiger charge is -1.87. The molecule has 0 aromatic heterocycles. The molecule has 0 heterocycles. The van der Waals surface area contributed by atoms with Crippen molar-refractivity contribution in [2.24, 2.45) is 5.84 Å². The zero-order chi connectivity index (χ0) is 4.99. The number of nitrogens with one attached hydrogen (secondary N) is 1. The standard InChI is InChI=1S/C3H8N2O.H2S/c1-2-3(6)5-4;/h2,4H2,1H3,(H,5,6);1H2. The van der Waals surface area contributed by atoms with Crippen molar-refractivity contribution in [1.29, 1.82) is 0 Å². The number of carbonyl (C=O) groups is 1. The van der Waals surface area contributed by atoms with Gasteiger partial charge in [0.25, 0.3) is 0 Å². The first kappa shape index (κ1) is 9.91. The molecule has 0 fully saturated rings. The molecule has 3 nitrogen and oxygen atoms in total. The van der Waals surface area contributed by atoms with Crippen LogP contribution in [0.5, 0.6) is 0 Å². The molecule has 0 unspecified atom stereocenters. The lowest BCUT2D eigenvalue weighted by molar-refractivity contribution is -0.120. The number of rotatable bonds is 1. The van der Waals surface area contributed by atoms with E-state index >= 15 is 0 Å². The molecule has 3 N–H and O–H groups in total. The van der Waals surface area contributed by atoms with E-state index < -0.39 is 0 Å². The maximum Gasteiger partial charge on any atom is 0.233 e. The largest absolute Gasteiger partial charge is 0.294 e. The number of nitrogens with two attached hydrogens (primary N) is 1. The predicted molar refractivity (Wildman–Crippen MR) is 33.0 cm³/mol. The Morgan fingerprint density at radius 3 is 2.29 bits per heavy atom. The van der Waals surface area contributed by atoms with E-state index in [9.17, 15) is 4.79 Å².